The first-order valence-electron chi connectivity index (χ1n) is 18.1. The SMILES string of the molecule is CC(C)[C@H](N)C(=O)Oc1ccc2c(c1)C[C@@H](CCCCCCCCCS(=O)CCCC(F)(F)C(F)(F)F)[C@@H]1[C@@H]2CC[C@]2(C)[C@@H](O)CC[C@@H]12.Cl. The third kappa shape index (κ3) is 10.4. The molecule has 49 heavy (non-hydrogen) atoms. The summed E-state index contributed by atoms with van der Waals surface area (Å²) in [6, 6.07) is 5.44. The molecule has 1 aromatic rings. The minimum atomic E-state index is -5.56. The van der Waals surface area contributed by atoms with Crippen LogP contribution in [0.2, 0.25) is 0 Å². The lowest BCUT2D eigenvalue weighted by Crippen LogP contribution is -2.47. The standard InChI is InChI=1S/C37H56F5NO4S.ClH/c1-24(2)33(43)34(45)47-27-13-14-28-26(23-27)22-25(32-29(28)17-19-35(3)30(32)15-16-31(35)44)12-9-7-5-4-6-8-10-20-48(46)21-11-18-36(38,39)37(40,41)42;/h13-14,23-25,29-33,44H,4-12,15-22,43H2,1-3H3;1H/t25-,29-,30+,31+,32-,33+,35+,48?;/m1./s1. The van der Waals surface area contributed by atoms with E-state index in [9.17, 15) is 36.1 Å². The number of unbranched alkanes of at least 4 members (excludes halogenated alkanes) is 6. The number of hydrogen-bond acceptors (Lipinski definition) is 5. The molecule has 5 nitrogen and oxygen atoms in total. The molecule has 0 aliphatic heterocycles. The largest absolute Gasteiger partial charge is 0.453 e. The second kappa shape index (κ2) is 18.0. The molecule has 4 rings (SSSR count). The van der Waals surface area contributed by atoms with Gasteiger partial charge < -0.3 is 15.6 Å². The molecule has 0 spiro atoms. The van der Waals surface area contributed by atoms with Gasteiger partial charge in [-0.15, -0.1) is 12.4 Å². The molecule has 1 unspecified atom stereocenters. The Morgan fingerprint density at radius 1 is 1.00 bits per heavy atom. The maximum Gasteiger partial charge on any atom is 0.453 e. The Labute approximate surface area is 297 Å². The molecule has 0 bridgehead atoms. The van der Waals surface area contributed by atoms with E-state index in [0.717, 1.165) is 77.0 Å². The molecule has 0 amide bonds. The van der Waals surface area contributed by atoms with Gasteiger partial charge >= 0.3 is 18.1 Å². The molecule has 12 heteroatoms. The van der Waals surface area contributed by atoms with Gasteiger partial charge in [0.15, 0.2) is 0 Å². The van der Waals surface area contributed by atoms with E-state index in [0.29, 0.717) is 41.6 Å². The van der Waals surface area contributed by atoms with Crippen molar-refractivity contribution >= 4 is 29.2 Å². The van der Waals surface area contributed by atoms with Crippen LogP contribution >= 0.6 is 12.4 Å². The number of rotatable bonds is 17. The summed E-state index contributed by atoms with van der Waals surface area (Å²) in [5.41, 5.74) is 8.64. The number of benzene rings is 1. The molecule has 1 aromatic carbocycles. The second-order valence-corrected chi connectivity index (χ2v) is 17.1. The number of ether oxygens (including phenoxy) is 1. The van der Waals surface area contributed by atoms with Gasteiger partial charge in [0.2, 0.25) is 0 Å². The molecule has 3 aliphatic carbocycles. The van der Waals surface area contributed by atoms with Crippen LogP contribution in [0, 0.1) is 29.1 Å². The Morgan fingerprint density at radius 2 is 1.63 bits per heavy atom. The fourth-order valence-corrected chi connectivity index (χ4v) is 9.99. The molecule has 0 heterocycles. The molecule has 3 N–H and O–H groups in total. The first-order valence-corrected chi connectivity index (χ1v) is 19.6. The highest BCUT2D eigenvalue weighted by Crippen LogP contribution is 2.62. The Morgan fingerprint density at radius 3 is 2.29 bits per heavy atom. The molecule has 0 saturated heterocycles. The van der Waals surface area contributed by atoms with Crippen LogP contribution in [0.15, 0.2) is 18.2 Å². The van der Waals surface area contributed by atoms with Gasteiger partial charge in [0.25, 0.3) is 0 Å². The molecule has 282 valence electrons. The third-order valence-corrected chi connectivity index (χ3v) is 13.2. The monoisotopic (exact) mass is 741 g/mol. The first kappa shape index (κ1) is 42.1. The summed E-state index contributed by atoms with van der Waals surface area (Å²) in [7, 11) is -1.38. The average molecular weight is 742 g/mol. The summed E-state index contributed by atoms with van der Waals surface area (Å²) < 4.78 is 80.6. The molecule has 0 radical (unpaired) electrons. The second-order valence-electron chi connectivity index (χ2n) is 15.4. The number of nitrogens with two attached hydrogens (primary N) is 1. The van der Waals surface area contributed by atoms with Crippen molar-refractivity contribution in [2.24, 2.45) is 34.8 Å². The lowest BCUT2D eigenvalue weighted by atomic mass is 9.52. The molecule has 8 atom stereocenters. The van der Waals surface area contributed by atoms with Crippen molar-refractivity contribution in [1.82, 2.24) is 0 Å². The van der Waals surface area contributed by atoms with Crippen LogP contribution in [0.3, 0.4) is 0 Å². The Bertz CT molecular complexity index is 1250. The quantitative estimate of drug-likeness (QED) is 0.0719. The van der Waals surface area contributed by atoms with Crippen LogP contribution in [0.5, 0.6) is 5.75 Å². The molecule has 2 fully saturated rings. The van der Waals surface area contributed by atoms with Gasteiger partial charge in [-0.1, -0.05) is 65.4 Å². The summed E-state index contributed by atoms with van der Waals surface area (Å²) in [4.78, 5) is 12.6. The van der Waals surface area contributed by atoms with Crippen LogP contribution in [-0.2, 0) is 22.0 Å². The predicted octanol–water partition coefficient (Wildman–Crippen LogP) is 9.29. The summed E-state index contributed by atoms with van der Waals surface area (Å²) in [6.45, 7) is 6.09. The number of halogens is 6. The zero-order chi connectivity index (χ0) is 35.3. The molecular formula is C37H57ClF5NO4S. The minimum Gasteiger partial charge on any atom is -0.425 e. The molecule has 3 aliphatic rings. The number of fused-ring (bicyclic) bond motifs is 5. The number of alkyl halides is 5. The Kier molecular flexibility index (Phi) is 15.4. The molecule has 0 aromatic heterocycles. The lowest BCUT2D eigenvalue weighted by Gasteiger charge is -2.53. The molecule has 2 saturated carbocycles. The van der Waals surface area contributed by atoms with E-state index < -0.39 is 47.8 Å². The summed E-state index contributed by atoms with van der Waals surface area (Å²) >= 11 is 0. The van der Waals surface area contributed by atoms with E-state index in [1.807, 2.05) is 26.0 Å². The molecular weight excluding hydrogens is 685 g/mol. The van der Waals surface area contributed by atoms with Crippen molar-refractivity contribution in [3.63, 3.8) is 0 Å². The first-order chi connectivity index (χ1) is 22.5. The van der Waals surface area contributed by atoms with Crippen LogP contribution in [0.25, 0.3) is 0 Å². The van der Waals surface area contributed by atoms with Crippen molar-refractivity contribution in [2.75, 3.05) is 11.5 Å². The number of carbonyl (C=O) groups is 1. The average Bonchev–Trinajstić information content (AvgIpc) is 3.32. The van der Waals surface area contributed by atoms with Gasteiger partial charge in [-0.05, 0) is 110 Å². The highest BCUT2D eigenvalue weighted by molar-refractivity contribution is 7.84. The summed E-state index contributed by atoms with van der Waals surface area (Å²) in [6.07, 6.45) is 5.41. The zero-order valence-electron chi connectivity index (χ0n) is 29.2. The summed E-state index contributed by atoms with van der Waals surface area (Å²) in [5.74, 6) is -2.43. The van der Waals surface area contributed by atoms with Crippen LogP contribution in [-0.4, -0.2) is 51.0 Å². The van der Waals surface area contributed by atoms with Gasteiger partial charge in [-0.2, -0.15) is 22.0 Å². The maximum absolute atomic E-state index is 13.0. The van der Waals surface area contributed by atoms with E-state index in [1.165, 1.54) is 11.1 Å². The van der Waals surface area contributed by atoms with E-state index >= 15 is 0 Å². The lowest BCUT2D eigenvalue weighted by molar-refractivity contribution is -0.284. The van der Waals surface area contributed by atoms with E-state index in [4.69, 9.17) is 10.5 Å². The Hall–Kier alpha value is -1.30. The van der Waals surface area contributed by atoms with Gasteiger partial charge in [-0.3, -0.25) is 4.21 Å². The fourth-order valence-electron chi connectivity index (χ4n) is 8.79. The van der Waals surface area contributed by atoms with E-state index in [-0.39, 0.29) is 35.6 Å². The smallest absolute Gasteiger partial charge is 0.425 e. The van der Waals surface area contributed by atoms with Gasteiger partial charge in [0.05, 0.1) is 6.10 Å². The summed E-state index contributed by atoms with van der Waals surface area (Å²) in [5, 5.41) is 11.0. The number of carbonyl (C=O) groups excluding carboxylic acids is 1. The van der Waals surface area contributed by atoms with E-state index in [2.05, 4.69) is 13.0 Å². The third-order valence-electron chi connectivity index (χ3n) is 11.8. The Balaban J connectivity index is 0.00000650. The topological polar surface area (TPSA) is 89.6 Å². The van der Waals surface area contributed by atoms with Crippen LogP contribution in [0.4, 0.5) is 22.0 Å². The number of aliphatic hydroxyl groups is 1. The van der Waals surface area contributed by atoms with Crippen LogP contribution < -0.4 is 10.5 Å². The van der Waals surface area contributed by atoms with Crippen molar-refractivity contribution < 1.29 is 40.8 Å². The normalized spacial score (nSPS) is 27.9. The van der Waals surface area contributed by atoms with Gasteiger partial charge in [0, 0.05) is 28.7 Å². The highest BCUT2D eigenvalue weighted by atomic mass is 35.5. The van der Waals surface area contributed by atoms with Crippen molar-refractivity contribution in [3.8, 4) is 5.75 Å². The predicted molar refractivity (Wildman–Crippen MR) is 187 cm³/mol. The van der Waals surface area contributed by atoms with Gasteiger partial charge in [0.1, 0.15) is 11.8 Å². The van der Waals surface area contributed by atoms with Crippen molar-refractivity contribution in [2.45, 2.75) is 147 Å². The minimum absolute atomic E-state index is 0. The zero-order valence-corrected chi connectivity index (χ0v) is 30.9. The fraction of sp³-hybridized carbons (Fsp3) is 0.811. The maximum atomic E-state index is 13.0. The van der Waals surface area contributed by atoms with Gasteiger partial charge in [-0.25, -0.2) is 4.79 Å². The number of esters is 1. The van der Waals surface area contributed by atoms with Crippen molar-refractivity contribution in [3.05, 3.63) is 29.3 Å². The van der Waals surface area contributed by atoms with E-state index in [1.54, 1.807) is 0 Å². The number of hydrogen-bond donors (Lipinski definition) is 2. The highest BCUT2D eigenvalue weighted by Gasteiger charge is 2.57. The number of aliphatic hydroxyl groups excluding tert-OH is 1. The van der Waals surface area contributed by atoms with Crippen LogP contribution in [0.1, 0.15) is 128 Å². The van der Waals surface area contributed by atoms with Crippen molar-refractivity contribution in [1.29, 1.82) is 0 Å².